The van der Waals surface area contributed by atoms with Crippen molar-refractivity contribution < 1.29 is 14.3 Å². The largest absolute Gasteiger partial charge is 0.497 e. The van der Waals surface area contributed by atoms with Crippen LogP contribution in [-0.4, -0.2) is 20.0 Å². The number of Topliss-reactive ketones (excluding diaryl/α,β-unsaturated/α-hetero) is 1. The van der Waals surface area contributed by atoms with E-state index < -0.39 is 0 Å². The lowest BCUT2D eigenvalue weighted by atomic mass is 9.84. The topological polar surface area (TPSA) is 35.5 Å². The van der Waals surface area contributed by atoms with E-state index in [1.165, 1.54) is 25.7 Å². The standard InChI is InChI=1S/C17H22O3/c1-19-15-7-14(8-16(10-15)20-2)17(18)9-13-6-11-3-4-12(13)5-11/h7-8,10-13H,3-6,9H2,1-2H3. The first kappa shape index (κ1) is 13.5. The van der Waals surface area contributed by atoms with Crippen LogP contribution in [0.25, 0.3) is 0 Å². The minimum Gasteiger partial charge on any atom is -0.497 e. The van der Waals surface area contributed by atoms with Gasteiger partial charge < -0.3 is 9.47 Å². The van der Waals surface area contributed by atoms with Gasteiger partial charge in [0.1, 0.15) is 11.5 Å². The quantitative estimate of drug-likeness (QED) is 0.768. The summed E-state index contributed by atoms with van der Waals surface area (Å²) in [6.45, 7) is 0. The van der Waals surface area contributed by atoms with Crippen LogP contribution in [0.5, 0.6) is 11.5 Å². The first-order valence-electron chi connectivity index (χ1n) is 7.46. The van der Waals surface area contributed by atoms with E-state index in [0.29, 0.717) is 29.4 Å². The molecule has 0 spiro atoms. The molecular weight excluding hydrogens is 252 g/mol. The normalized spacial score (nSPS) is 27.6. The van der Waals surface area contributed by atoms with Crippen LogP contribution in [0.1, 0.15) is 42.5 Å². The maximum Gasteiger partial charge on any atom is 0.163 e. The van der Waals surface area contributed by atoms with Gasteiger partial charge in [0.05, 0.1) is 14.2 Å². The van der Waals surface area contributed by atoms with Crippen LogP contribution in [0.2, 0.25) is 0 Å². The van der Waals surface area contributed by atoms with Crippen LogP contribution >= 0.6 is 0 Å². The van der Waals surface area contributed by atoms with E-state index in [0.717, 1.165) is 11.8 Å². The molecule has 3 heteroatoms. The Hall–Kier alpha value is -1.51. The number of hydrogen-bond donors (Lipinski definition) is 0. The zero-order valence-electron chi connectivity index (χ0n) is 12.2. The third-order valence-electron chi connectivity index (χ3n) is 5.01. The molecule has 0 N–H and O–H groups in total. The summed E-state index contributed by atoms with van der Waals surface area (Å²) in [4.78, 5) is 12.5. The van der Waals surface area contributed by atoms with Crippen LogP contribution in [-0.2, 0) is 0 Å². The first-order chi connectivity index (χ1) is 9.69. The molecule has 20 heavy (non-hydrogen) atoms. The third kappa shape index (κ3) is 2.54. The summed E-state index contributed by atoms with van der Waals surface area (Å²) in [5.41, 5.74) is 0.712. The number of rotatable bonds is 5. The van der Waals surface area contributed by atoms with E-state index in [1.54, 1.807) is 20.3 Å². The fourth-order valence-corrected chi connectivity index (χ4v) is 3.95. The van der Waals surface area contributed by atoms with Gasteiger partial charge in [-0.1, -0.05) is 6.42 Å². The maximum absolute atomic E-state index is 12.5. The lowest BCUT2D eigenvalue weighted by Crippen LogP contribution is -2.15. The minimum atomic E-state index is 0.222. The lowest BCUT2D eigenvalue weighted by molar-refractivity contribution is 0.0943. The number of ether oxygens (including phenoxy) is 2. The molecule has 3 unspecified atom stereocenters. The SMILES string of the molecule is COc1cc(OC)cc(C(=O)CC2CC3CCC2C3)c1. The zero-order valence-corrected chi connectivity index (χ0v) is 12.2. The van der Waals surface area contributed by atoms with Crippen molar-refractivity contribution in [1.82, 2.24) is 0 Å². The van der Waals surface area contributed by atoms with Crippen molar-refractivity contribution in [2.45, 2.75) is 32.1 Å². The van der Waals surface area contributed by atoms with Gasteiger partial charge >= 0.3 is 0 Å². The first-order valence-corrected chi connectivity index (χ1v) is 7.46. The summed E-state index contributed by atoms with van der Waals surface area (Å²) in [6, 6.07) is 5.43. The average Bonchev–Trinajstić information content (AvgIpc) is 3.09. The highest BCUT2D eigenvalue weighted by Gasteiger charge is 2.40. The molecule has 2 bridgehead atoms. The number of carbonyl (C=O) groups is 1. The van der Waals surface area contributed by atoms with Crippen molar-refractivity contribution in [3.8, 4) is 11.5 Å². The molecule has 0 saturated heterocycles. The molecule has 1 aromatic carbocycles. The van der Waals surface area contributed by atoms with Crippen LogP contribution in [0, 0.1) is 17.8 Å². The van der Waals surface area contributed by atoms with Gasteiger partial charge in [0.25, 0.3) is 0 Å². The Morgan fingerprint density at radius 1 is 1.10 bits per heavy atom. The van der Waals surface area contributed by atoms with E-state index in [4.69, 9.17) is 9.47 Å². The molecule has 0 heterocycles. The second-order valence-corrected chi connectivity index (χ2v) is 6.16. The van der Waals surface area contributed by atoms with Crippen molar-refractivity contribution in [3.63, 3.8) is 0 Å². The summed E-state index contributed by atoms with van der Waals surface area (Å²) in [6.07, 6.45) is 5.97. The molecular formula is C17H22O3. The molecule has 3 rings (SSSR count). The molecule has 0 aromatic heterocycles. The van der Waals surface area contributed by atoms with E-state index in [2.05, 4.69) is 0 Å². The summed E-state index contributed by atoms with van der Waals surface area (Å²) in [5, 5.41) is 0. The number of ketones is 1. The molecule has 0 amide bonds. The highest BCUT2D eigenvalue weighted by molar-refractivity contribution is 5.97. The van der Waals surface area contributed by atoms with Crippen LogP contribution in [0.3, 0.4) is 0 Å². The van der Waals surface area contributed by atoms with E-state index >= 15 is 0 Å². The van der Waals surface area contributed by atoms with Crippen molar-refractivity contribution in [3.05, 3.63) is 23.8 Å². The molecule has 2 saturated carbocycles. The number of hydrogen-bond acceptors (Lipinski definition) is 3. The monoisotopic (exact) mass is 274 g/mol. The van der Waals surface area contributed by atoms with Crippen molar-refractivity contribution in [1.29, 1.82) is 0 Å². The number of fused-ring (bicyclic) bond motifs is 2. The summed E-state index contributed by atoms with van der Waals surface area (Å²) < 4.78 is 10.5. The molecule has 0 radical (unpaired) electrons. The van der Waals surface area contributed by atoms with Crippen LogP contribution < -0.4 is 9.47 Å². The molecule has 2 aliphatic rings. The predicted molar refractivity (Wildman–Crippen MR) is 77.4 cm³/mol. The average molecular weight is 274 g/mol. The third-order valence-corrected chi connectivity index (χ3v) is 5.01. The second kappa shape index (κ2) is 5.47. The van der Waals surface area contributed by atoms with Gasteiger partial charge in [-0.3, -0.25) is 4.79 Å². The van der Waals surface area contributed by atoms with Crippen molar-refractivity contribution in [2.24, 2.45) is 17.8 Å². The Balaban J connectivity index is 1.73. The summed E-state index contributed by atoms with van der Waals surface area (Å²) in [7, 11) is 3.22. The van der Waals surface area contributed by atoms with Gasteiger partial charge in [0.2, 0.25) is 0 Å². The number of carbonyl (C=O) groups excluding carboxylic acids is 1. The Labute approximate surface area is 120 Å². The molecule has 2 fully saturated rings. The zero-order chi connectivity index (χ0) is 14.1. The minimum absolute atomic E-state index is 0.222. The van der Waals surface area contributed by atoms with Gasteiger partial charge in [-0.2, -0.15) is 0 Å². The number of benzene rings is 1. The molecule has 3 atom stereocenters. The second-order valence-electron chi connectivity index (χ2n) is 6.16. The summed E-state index contributed by atoms with van der Waals surface area (Å²) in [5.74, 6) is 3.86. The fraction of sp³-hybridized carbons (Fsp3) is 0.588. The Kier molecular flexibility index (Phi) is 3.68. The highest BCUT2D eigenvalue weighted by Crippen LogP contribution is 2.49. The maximum atomic E-state index is 12.5. The molecule has 0 aliphatic heterocycles. The molecule has 3 nitrogen and oxygen atoms in total. The summed E-state index contributed by atoms with van der Waals surface area (Å²) >= 11 is 0. The smallest absolute Gasteiger partial charge is 0.163 e. The van der Waals surface area contributed by atoms with Gasteiger partial charge in [-0.05, 0) is 49.1 Å². The van der Waals surface area contributed by atoms with Gasteiger partial charge in [0, 0.05) is 18.1 Å². The van der Waals surface area contributed by atoms with Crippen molar-refractivity contribution in [2.75, 3.05) is 14.2 Å². The lowest BCUT2D eigenvalue weighted by Gasteiger charge is -2.20. The van der Waals surface area contributed by atoms with E-state index in [9.17, 15) is 4.79 Å². The van der Waals surface area contributed by atoms with Gasteiger partial charge in [-0.15, -0.1) is 0 Å². The molecule has 1 aromatic rings. The Bertz CT molecular complexity index is 487. The van der Waals surface area contributed by atoms with Crippen molar-refractivity contribution >= 4 is 5.78 Å². The Morgan fingerprint density at radius 3 is 2.30 bits per heavy atom. The predicted octanol–water partition coefficient (Wildman–Crippen LogP) is 3.71. The molecule has 2 aliphatic carbocycles. The van der Waals surface area contributed by atoms with Gasteiger partial charge in [-0.25, -0.2) is 0 Å². The fourth-order valence-electron chi connectivity index (χ4n) is 3.95. The highest BCUT2D eigenvalue weighted by atomic mass is 16.5. The van der Waals surface area contributed by atoms with E-state index in [1.807, 2.05) is 12.1 Å². The van der Waals surface area contributed by atoms with Gasteiger partial charge in [0.15, 0.2) is 5.78 Å². The number of methoxy groups -OCH3 is 2. The van der Waals surface area contributed by atoms with E-state index in [-0.39, 0.29) is 5.78 Å². The van der Waals surface area contributed by atoms with Crippen LogP contribution in [0.15, 0.2) is 18.2 Å². The Morgan fingerprint density at radius 2 is 1.80 bits per heavy atom. The molecule has 108 valence electrons. The van der Waals surface area contributed by atoms with Crippen LogP contribution in [0.4, 0.5) is 0 Å².